The van der Waals surface area contributed by atoms with E-state index in [9.17, 15) is 23.7 Å². The van der Waals surface area contributed by atoms with Crippen molar-refractivity contribution in [3.8, 4) is 12.3 Å². The van der Waals surface area contributed by atoms with Crippen LogP contribution in [-0.4, -0.2) is 79.7 Å². The number of rotatable bonds is 17. The number of nitrogens with one attached hydrogen (secondary N) is 2. The third-order valence-corrected chi connectivity index (χ3v) is 9.50. The summed E-state index contributed by atoms with van der Waals surface area (Å²) in [6.07, 6.45) is 2.88. The van der Waals surface area contributed by atoms with Crippen LogP contribution in [0.3, 0.4) is 0 Å². The van der Waals surface area contributed by atoms with Crippen LogP contribution in [0.5, 0.6) is 0 Å². The van der Waals surface area contributed by atoms with Crippen LogP contribution >= 0.6 is 19.4 Å². The number of urea groups is 1. The van der Waals surface area contributed by atoms with Crippen LogP contribution in [0.15, 0.2) is 29.2 Å². The number of hydrogen-bond acceptors (Lipinski definition) is 12. The van der Waals surface area contributed by atoms with Gasteiger partial charge < -0.3 is 38.6 Å². The van der Waals surface area contributed by atoms with Crippen molar-refractivity contribution in [1.29, 1.82) is 0 Å². The van der Waals surface area contributed by atoms with E-state index in [-0.39, 0.29) is 31.8 Å². The summed E-state index contributed by atoms with van der Waals surface area (Å²) in [5.41, 5.74) is -0.409. The van der Waals surface area contributed by atoms with Crippen LogP contribution in [-0.2, 0) is 46.9 Å². The van der Waals surface area contributed by atoms with E-state index in [0.29, 0.717) is 23.5 Å². The Labute approximate surface area is 268 Å². The minimum absolute atomic E-state index is 0.0392. The number of carbonyl (C=O) groups excluding carboxylic acids is 4. The van der Waals surface area contributed by atoms with Crippen molar-refractivity contribution >= 4 is 49.0 Å². The van der Waals surface area contributed by atoms with E-state index >= 15 is 0 Å². The lowest BCUT2D eigenvalue weighted by atomic mass is 9.97. The average Bonchev–Trinajstić information content (AvgIpc) is 2.95. The third kappa shape index (κ3) is 13.4. The van der Waals surface area contributed by atoms with Crippen molar-refractivity contribution in [3.05, 3.63) is 24.3 Å². The normalized spacial score (nSPS) is 21.2. The molecule has 0 unspecified atom stereocenters. The number of esters is 3. The zero-order valence-corrected chi connectivity index (χ0v) is 28.0. The molecule has 13 nitrogen and oxygen atoms in total. The minimum Gasteiger partial charge on any atom is -0.456 e. The number of benzene rings is 1. The van der Waals surface area contributed by atoms with Gasteiger partial charge in [-0.2, -0.15) is 0 Å². The van der Waals surface area contributed by atoms with Crippen LogP contribution in [0.25, 0.3) is 0 Å². The van der Waals surface area contributed by atoms with Crippen LogP contribution in [0.1, 0.15) is 60.3 Å². The van der Waals surface area contributed by atoms with Crippen LogP contribution < -0.4 is 10.6 Å². The Kier molecular flexibility index (Phi) is 16.5. The van der Waals surface area contributed by atoms with Gasteiger partial charge in [0.05, 0.1) is 19.4 Å². The molecule has 0 radical (unpaired) electrons. The van der Waals surface area contributed by atoms with E-state index in [1.165, 1.54) is 32.5 Å². The first-order chi connectivity index (χ1) is 21.4. The number of terminal acetylenes is 1. The lowest BCUT2D eigenvalue weighted by molar-refractivity contribution is -0.232. The molecule has 5 atom stereocenters. The van der Waals surface area contributed by atoms with E-state index in [4.69, 9.17) is 34.4 Å². The van der Waals surface area contributed by atoms with Crippen molar-refractivity contribution in [3.63, 3.8) is 0 Å². The molecule has 2 rings (SSSR count). The fourth-order valence-corrected chi connectivity index (χ4v) is 7.30. The smallest absolute Gasteiger partial charge is 0.330 e. The van der Waals surface area contributed by atoms with Gasteiger partial charge in [-0.05, 0) is 57.4 Å². The number of anilines is 1. The summed E-state index contributed by atoms with van der Waals surface area (Å²) in [6.45, 7) is 7.73. The molecule has 0 aromatic heterocycles. The van der Waals surface area contributed by atoms with Gasteiger partial charge in [-0.3, -0.25) is 18.9 Å². The van der Waals surface area contributed by atoms with Gasteiger partial charge in [0.15, 0.2) is 18.3 Å². The van der Waals surface area contributed by atoms with E-state index in [2.05, 4.69) is 16.6 Å². The maximum atomic E-state index is 13.2. The second-order valence-corrected chi connectivity index (χ2v) is 13.3. The molecule has 0 aliphatic carbocycles. The number of hydrogen-bond donors (Lipinski definition) is 2. The molecule has 1 aliphatic rings. The summed E-state index contributed by atoms with van der Waals surface area (Å²) in [4.78, 5) is 49.4. The fourth-order valence-electron chi connectivity index (χ4n) is 4.51. The first kappa shape index (κ1) is 38.1. The third-order valence-electron chi connectivity index (χ3n) is 6.23. The van der Waals surface area contributed by atoms with Crippen molar-refractivity contribution in [2.24, 2.45) is 0 Å². The highest BCUT2D eigenvalue weighted by Crippen LogP contribution is 2.50. The Morgan fingerprint density at radius 3 is 2.04 bits per heavy atom. The van der Waals surface area contributed by atoms with Gasteiger partial charge in [-0.1, -0.05) is 11.8 Å². The molecular weight excluding hydrogens is 627 g/mol. The molecule has 0 saturated carbocycles. The van der Waals surface area contributed by atoms with Crippen LogP contribution in [0, 0.1) is 12.3 Å². The number of unbranched alkanes of at least 4 members (excludes halogenated alkanes) is 2. The molecule has 0 bridgehead atoms. The van der Waals surface area contributed by atoms with Gasteiger partial charge >= 0.3 is 31.5 Å². The predicted molar refractivity (Wildman–Crippen MR) is 168 cm³/mol. The van der Waals surface area contributed by atoms with Crippen molar-refractivity contribution in [2.45, 2.75) is 95.0 Å². The number of amides is 2. The monoisotopic (exact) mass is 670 g/mol. The molecule has 1 heterocycles. The summed E-state index contributed by atoms with van der Waals surface area (Å²) in [6, 6.07) is 6.48. The van der Waals surface area contributed by atoms with Gasteiger partial charge in [0.25, 0.3) is 0 Å². The molecule has 2 amide bonds. The lowest BCUT2D eigenvalue weighted by Crippen LogP contribution is -2.60. The van der Waals surface area contributed by atoms with Gasteiger partial charge in [-0.25, -0.2) is 4.79 Å². The Balaban J connectivity index is 2.31. The molecule has 1 saturated heterocycles. The summed E-state index contributed by atoms with van der Waals surface area (Å²) in [7, 11) is -3.52. The molecule has 2 N–H and O–H groups in total. The number of thioether (sulfide) groups is 1. The Hall–Kier alpha value is -3.08. The van der Waals surface area contributed by atoms with Crippen LogP contribution in [0.4, 0.5) is 10.5 Å². The highest BCUT2D eigenvalue weighted by Gasteiger charge is 2.52. The SMILES string of the molecule is C#CCCCCNC(=O)Nc1ccc(S[C@H]2O[C@H](CCP(=O)(OCC)OCC)[C@@H](OC(C)=O)[C@H](OC(C)=O)[C@@H]2OC(C)=O)cc1. The molecule has 1 aromatic rings. The Morgan fingerprint density at radius 1 is 0.911 bits per heavy atom. The highest BCUT2D eigenvalue weighted by atomic mass is 32.2. The topological polar surface area (TPSA) is 165 Å². The van der Waals surface area contributed by atoms with Crippen molar-refractivity contribution < 1.29 is 51.7 Å². The van der Waals surface area contributed by atoms with Gasteiger partial charge in [-0.15, -0.1) is 12.3 Å². The molecule has 1 aliphatic heterocycles. The summed E-state index contributed by atoms with van der Waals surface area (Å²) >= 11 is 1.17. The maximum absolute atomic E-state index is 13.2. The zero-order valence-electron chi connectivity index (χ0n) is 26.3. The second-order valence-electron chi connectivity index (χ2n) is 9.91. The molecule has 45 heavy (non-hydrogen) atoms. The number of carbonyl (C=O) groups is 4. The first-order valence-electron chi connectivity index (χ1n) is 14.7. The lowest BCUT2D eigenvalue weighted by Gasteiger charge is -2.44. The Morgan fingerprint density at radius 2 is 1.49 bits per heavy atom. The van der Waals surface area contributed by atoms with E-state index < -0.39 is 55.4 Å². The van der Waals surface area contributed by atoms with E-state index in [1.807, 2.05) is 0 Å². The number of ether oxygens (including phenoxy) is 4. The highest BCUT2D eigenvalue weighted by molar-refractivity contribution is 7.99. The molecule has 1 aromatic carbocycles. The quantitative estimate of drug-likeness (QED) is 0.0760. The molecule has 0 spiro atoms. The van der Waals surface area contributed by atoms with Gasteiger partial charge in [0.1, 0.15) is 11.5 Å². The van der Waals surface area contributed by atoms with Crippen LogP contribution in [0.2, 0.25) is 0 Å². The molecule has 1 fully saturated rings. The fraction of sp³-hybridized carbons (Fsp3) is 0.600. The first-order valence-corrected chi connectivity index (χ1v) is 17.3. The second kappa shape index (κ2) is 19.4. The van der Waals surface area contributed by atoms with Crippen molar-refractivity contribution in [1.82, 2.24) is 5.32 Å². The van der Waals surface area contributed by atoms with Gasteiger partial charge in [0, 0.05) is 44.3 Å². The maximum Gasteiger partial charge on any atom is 0.330 e. The van der Waals surface area contributed by atoms with Gasteiger partial charge in [0.2, 0.25) is 0 Å². The minimum atomic E-state index is -3.52. The van der Waals surface area contributed by atoms with Crippen molar-refractivity contribution in [2.75, 3.05) is 31.2 Å². The summed E-state index contributed by atoms with van der Waals surface area (Å²) in [5.74, 6) is 0.505. The Bertz CT molecular complexity index is 1210. The average molecular weight is 671 g/mol. The standard InChI is InChI=1S/C30H43N2O11PS/c1-7-10-11-12-18-31-30(36)32-23-13-15-24(16-14-23)45-29-28(42-22(6)35)27(41-21(5)34)26(40-20(4)33)25(43-29)17-19-44(37,38-8-2)39-9-3/h1,13-16,25-29H,8-12,17-19H2,2-6H3,(H2,31,32,36)/t25-,26-,27+,28+,29-/m1/s1. The van der Waals surface area contributed by atoms with E-state index in [0.717, 1.165) is 12.8 Å². The summed E-state index contributed by atoms with van der Waals surface area (Å²) in [5, 5.41) is 5.52. The predicted octanol–water partition coefficient (Wildman–Crippen LogP) is 4.88. The molecule has 15 heteroatoms. The summed E-state index contributed by atoms with van der Waals surface area (Å²) < 4.78 is 47.1. The van der Waals surface area contributed by atoms with E-state index in [1.54, 1.807) is 38.1 Å². The zero-order chi connectivity index (χ0) is 33.4. The largest absolute Gasteiger partial charge is 0.456 e. The molecular formula is C30H43N2O11PS. The molecule has 250 valence electrons.